The van der Waals surface area contributed by atoms with Gasteiger partial charge in [0.2, 0.25) is 0 Å². The Labute approximate surface area is 194 Å². The molecule has 2 aliphatic carbocycles. The molecule has 2 aromatic rings. The fraction of sp³-hybridized carbons (Fsp3) is 0.484. The van der Waals surface area contributed by atoms with Crippen LogP contribution in [0.2, 0.25) is 0 Å². The van der Waals surface area contributed by atoms with Gasteiger partial charge in [0.1, 0.15) is 5.82 Å². The monoisotopic (exact) mass is 430 g/mol. The van der Waals surface area contributed by atoms with Crippen molar-refractivity contribution < 1.29 is 4.39 Å². The smallest absolute Gasteiger partial charge is 0.127 e. The van der Waals surface area contributed by atoms with Crippen LogP contribution in [0.3, 0.4) is 0 Å². The largest absolute Gasteiger partial charge is 0.207 e. The second-order valence-corrected chi connectivity index (χ2v) is 10.1. The minimum Gasteiger partial charge on any atom is -0.207 e. The molecule has 2 aliphatic rings. The predicted octanol–water partition coefficient (Wildman–Crippen LogP) is 9.27. The quantitative estimate of drug-likeness (QED) is 0.366. The zero-order valence-electron chi connectivity index (χ0n) is 19.7. The first-order valence-electron chi connectivity index (χ1n) is 12.8. The summed E-state index contributed by atoms with van der Waals surface area (Å²) in [6, 6.07) is 14.7. The molecule has 0 heterocycles. The van der Waals surface area contributed by atoms with Crippen LogP contribution in [0.1, 0.15) is 81.8 Å². The van der Waals surface area contributed by atoms with Crippen molar-refractivity contribution in [3.63, 3.8) is 0 Å². The average molecular weight is 431 g/mol. The molecule has 0 nitrogen and oxygen atoms in total. The minimum absolute atomic E-state index is 0.0851. The highest BCUT2D eigenvalue weighted by atomic mass is 19.1. The molecule has 0 amide bonds. The zero-order chi connectivity index (χ0) is 22.3. The first-order valence-corrected chi connectivity index (χ1v) is 12.8. The second kappa shape index (κ2) is 11.1. The van der Waals surface area contributed by atoms with Crippen molar-refractivity contribution in [3.05, 3.63) is 84.2 Å². The Morgan fingerprint density at radius 3 is 2.41 bits per heavy atom. The van der Waals surface area contributed by atoms with E-state index < -0.39 is 0 Å². The van der Waals surface area contributed by atoms with Crippen LogP contribution >= 0.6 is 0 Å². The lowest BCUT2D eigenvalue weighted by Gasteiger charge is -2.42. The maximum Gasteiger partial charge on any atom is 0.127 e. The topological polar surface area (TPSA) is 0 Å². The summed E-state index contributed by atoms with van der Waals surface area (Å²) in [5, 5.41) is 0. The number of allylic oxidation sites excluding steroid dienone is 3. The van der Waals surface area contributed by atoms with Crippen LogP contribution in [0.25, 0.3) is 11.1 Å². The van der Waals surface area contributed by atoms with Gasteiger partial charge >= 0.3 is 0 Å². The summed E-state index contributed by atoms with van der Waals surface area (Å²) in [5.74, 6) is 3.40. The molecular weight excluding hydrogens is 391 g/mol. The zero-order valence-corrected chi connectivity index (χ0v) is 19.7. The van der Waals surface area contributed by atoms with Crippen molar-refractivity contribution in [2.45, 2.75) is 77.0 Å². The average Bonchev–Trinajstić information content (AvgIpc) is 2.83. The molecule has 2 saturated carbocycles. The third-order valence-electron chi connectivity index (χ3n) is 8.09. The molecule has 0 radical (unpaired) electrons. The van der Waals surface area contributed by atoms with Crippen LogP contribution < -0.4 is 0 Å². The van der Waals surface area contributed by atoms with Gasteiger partial charge in [-0.15, -0.1) is 6.58 Å². The lowest BCUT2D eigenvalue weighted by atomic mass is 9.63. The number of hydrogen-bond acceptors (Lipinski definition) is 0. The van der Waals surface area contributed by atoms with Crippen LogP contribution in [0, 0.1) is 23.6 Å². The molecule has 0 saturated heterocycles. The van der Waals surface area contributed by atoms with Gasteiger partial charge in [-0.3, -0.25) is 0 Å². The molecule has 1 heteroatoms. The molecule has 170 valence electrons. The van der Waals surface area contributed by atoms with Crippen molar-refractivity contribution in [2.75, 3.05) is 0 Å². The van der Waals surface area contributed by atoms with E-state index in [1.165, 1.54) is 56.9 Å². The summed E-state index contributed by atoms with van der Waals surface area (Å²) in [6.45, 7) is 5.90. The summed E-state index contributed by atoms with van der Waals surface area (Å²) in [5.41, 5.74) is 4.37. The fourth-order valence-corrected chi connectivity index (χ4v) is 6.19. The first-order chi connectivity index (χ1) is 15.7. The molecule has 4 atom stereocenters. The van der Waals surface area contributed by atoms with Crippen LogP contribution in [0.5, 0.6) is 0 Å². The van der Waals surface area contributed by atoms with E-state index in [9.17, 15) is 4.39 Å². The van der Waals surface area contributed by atoms with Gasteiger partial charge in [0, 0.05) is 0 Å². The predicted molar refractivity (Wildman–Crippen MR) is 135 cm³/mol. The van der Waals surface area contributed by atoms with Crippen LogP contribution in [-0.4, -0.2) is 0 Å². The Bertz CT molecular complexity index is 907. The van der Waals surface area contributed by atoms with Crippen molar-refractivity contribution in [3.8, 4) is 11.1 Å². The fourth-order valence-electron chi connectivity index (χ4n) is 6.19. The van der Waals surface area contributed by atoms with E-state index in [-0.39, 0.29) is 5.82 Å². The summed E-state index contributed by atoms with van der Waals surface area (Å²) in [4.78, 5) is 0. The Hall–Kier alpha value is -2.15. The molecule has 0 aliphatic heterocycles. The number of benzene rings is 2. The second-order valence-electron chi connectivity index (χ2n) is 10.1. The normalized spacial score (nSPS) is 25.6. The minimum atomic E-state index is -0.0851. The van der Waals surface area contributed by atoms with E-state index in [1.807, 2.05) is 19.1 Å². The Morgan fingerprint density at radius 2 is 1.66 bits per heavy atom. The molecule has 0 aromatic heterocycles. The summed E-state index contributed by atoms with van der Waals surface area (Å²) < 4.78 is 14.6. The van der Waals surface area contributed by atoms with Crippen LogP contribution in [-0.2, 0) is 6.42 Å². The van der Waals surface area contributed by atoms with Crippen molar-refractivity contribution >= 4 is 0 Å². The van der Waals surface area contributed by atoms with Gasteiger partial charge < -0.3 is 0 Å². The highest BCUT2D eigenvalue weighted by molar-refractivity contribution is 5.64. The molecule has 2 fully saturated rings. The Morgan fingerprint density at radius 1 is 0.906 bits per heavy atom. The van der Waals surface area contributed by atoms with Crippen molar-refractivity contribution in [1.82, 2.24) is 0 Å². The van der Waals surface area contributed by atoms with E-state index in [2.05, 4.69) is 49.1 Å². The SMILES string of the molecule is C=CCCC1CCC2CC(c3ccc(-c4ccc(CC/C=C/C)c(F)c4)cc3)CCC2C1. The molecule has 0 N–H and O–H groups in total. The maximum absolute atomic E-state index is 14.6. The maximum atomic E-state index is 14.6. The van der Waals surface area contributed by atoms with E-state index in [4.69, 9.17) is 0 Å². The highest BCUT2D eigenvalue weighted by Gasteiger charge is 2.35. The van der Waals surface area contributed by atoms with E-state index in [0.29, 0.717) is 5.92 Å². The highest BCUT2D eigenvalue weighted by Crippen LogP contribution is 2.48. The number of aryl methyl sites for hydroxylation is 1. The van der Waals surface area contributed by atoms with Crippen molar-refractivity contribution in [2.24, 2.45) is 17.8 Å². The first kappa shape index (κ1) is 23.0. The standard InChI is InChI=1S/C31H39F/c1-3-5-7-9-26-16-17-30(22-31(26)32)25-14-12-24(13-15-25)28-19-18-27-20-23(8-6-4-2)10-11-29(27)21-28/h3-5,12-17,22-23,27-29H,2,6-11,18-21H2,1H3/b5-3+. The van der Waals surface area contributed by atoms with Crippen LogP contribution in [0.15, 0.2) is 67.3 Å². The number of hydrogen-bond donors (Lipinski definition) is 0. The van der Waals surface area contributed by atoms with Gasteiger partial charge in [0.25, 0.3) is 0 Å². The van der Waals surface area contributed by atoms with E-state index >= 15 is 0 Å². The number of rotatable bonds is 8. The van der Waals surface area contributed by atoms with Crippen LogP contribution in [0.4, 0.5) is 4.39 Å². The van der Waals surface area contributed by atoms with Gasteiger partial charge in [-0.05, 0) is 117 Å². The van der Waals surface area contributed by atoms with Gasteiger partial charge in [0.05, 0.1) is 0 Å². The van der Waals surface area contributed by atoms with E-state index in [0.717, 1.165) is 47.3 Å². The van der Waals surface area contributed by atoms with Gasteiger partial charge in [0.15, 0.2) is 0 Å². The lowest BCUT2D eigenvalue weighted by molar-refractivity contribution is 0.115. The van der Waals surface area contributed by atoms with Gasteiger partial charge in [-0.1, -0.05) is 61.0 Å². The summed E-state index contributed by atoms with van der Waals surface area (Å²) in [7, 11) is 0. The molecule has 4 rings (SSSR count). The lowest BCUT2D eigenvalue weighted by Crippen LogP contribution is -2.30. The third-order valence-corrected chi connectivity index (χ3v) is 8.09. The Balaban J connectivity index is 1.36. The van der Waals surface area contributed by atoms with Crippen molar-refractivity contribution in [1.29, 1.82) is 0 Å². The molecule has 2 aromatic carbocycles. The van der Waals surface area contributed by atoms with E-state index in [1.54, 1.807) is 6.07 Å². The molecule has 0 spiro atoms. The molecule has 32 heavy (non-hydrogen) atoms. The van der Waals surface area contributed by atoms with Gasteiger partial charge in [-0.2, -0.15) is 0 Å². The number of fused-ring (bicyclic) bond motifs is 1. The molecule has 4 unspecified atom stereocenters. The Kier molecular flexibility index (Phi) is 8.00. The summed E-state index contributed by atoms with van der Waals surface area (Å²) in [6.07, 6.45) is 18.7. The third kappa shape index (κ3) is 5.61. The number of halogens is 1. The molecular formula is C31H39F. The summed E-state index contributed by atoms with van der Waals surface area (Å²) >= 11 is 0. The van der Waals surface area contributed by atoms with Gasteiger partial charge in [-0.25, -0.2) is 4.39 Å². The molecule has 0 bridgehead atoms.